The molecule has 5 rings (SSSR count). The minimum Gasteiger partial charge on any atom is -0.496 e. The Hall–Kier alpha value is -2.86. The molecule has 3 aromatic rings. The van der Waals surface area contributed by atoms with Gasteiger partial charge in [0.15, 0.2) is 0 Å². The number of ether oxygens (including phenoxy) is 2. The molecule has 1 saturated carbocycles. The van der Waals surface area contributed by atoms with E-state index in [0.29, 0.717) is 10.8 Å². The van der Waals surface area contributed by atoms with Gasteiger partial charge in [-0.3, -0.25) is 9.69 Å². The fourth-order valence-corrected chi connectivity index (χ4v) is 4.79. The van der Waals surface area contributed by atoms with Crippen LogP contribution in [0.15, 0.2) is 41.3 Å². The highest BCUT2D eigenvalue weighted by molar-refractivity contribution is 5.96. The second-order valence-electron chi connectivity index (χ2n) is 8.80. The van der Waals surface area contributed by atoms with Gasteiger partial charge in [-0.15, -0.1) is 0 Å². The first-order valence-electron chi connectivity index (χ1n) is 10.7. The topological polar surface area (TPSA) is 43.7 Å². The second-order valence-corrected chi connectivity index (χ2v) is 8.80. The molecule has 0 N–H and O–H groups in total. The maximum Gasteiger partial charge on any atom is 0.258 e. The molecule has 0 radical (unpaired) electrons. The third kappa shape index (κ3) is 3.59. The lowest BCUT2D eigenvalue weighted by atomic mass is 9.93. The van der Waals surface area contributed by atoms with Crippen molar-refractivity contribution in [2.45, 2.75) is 19.4 Å². The van der Waals surface area contributed by atoms with Crippen molar-refractivity contribution in [2.24, 2.45) is 18.9 Å². The van der Waals surface area contributed by atoms with Gasteiger partial charge in [-0.05, 0) is 66.0 Å². The largest absolute Gasteiger partial charge is 0.496 e. The Balaban J connectivity index is 1.57. The molecule has 1 aromatic heterocycles. The lowest BCUT2D eigenvalue weighted by Gasteiger charge is -2.40. The van der Waals surface area contributed by atoms with Gasteiger partial charge in [-0.2, -0.15) is 0 Å². The molecule has 2 heterocycles. The van der Waals surface area contributed by atoms with Crippen LogP contribution in [0.2, 0.25) is 0 Å². The molecule has 2 aliphatic rings. The molecule has 2 aromatic carbocycles. The summed E-state index contributed by atoms with van der Waals surface area (Å²) in [4.78, 5) is 15.0. The summed E-state index contributed by atoms with van der Waals surface area (Å²) in [7, 11) is 5.02. The monoisotopic (exact) mass is 422 g/mol. The minimum atomic E-state index is -0.374. The summed E-state index contributed by atoms with van der Waals surface area (Å²) in [5.74, 6) is 2.87. The van der Waals surface area contributed by atoms with Crippen molar-refractivity contribution in [1.82, 2.24) is 9.47 Å². The fourth-order valence-electron chi connectivity index (χ4n) is 4.79. The van der Waals surface area contributed by atoms with E-state index in [-0.39, 0.29) is 11.4 Å². The second kappa shape index (κ2) is 7.68. The summed E-state index contributed by atoms with van der Waals surface area (Å²) in [5, 5.41) is 1.06. The highest BCUT2D eigenvalue weighted by Gasteiger charge is 2.39. The van der Waals surface area contributed by atoms with E-state index in [4.69, 9.17) is 9.47 Å². The average Bonchev–Trinajstić information content (AvgIpc) is 3.57. The van der Waals surface area contributed by atoms with E-state index in [2.05, 4.69) is 4.90 Å². The molecule has 1 saturated heterocycles. The van der Waals surface area contributed by atoms with Crippen LogP contribution in [0.3, 0.4) is 0 Å². The molecule has 31 heavy (non-hydrogen) atoms. The van der Waals surface area contributed by atoms with Crippen molar-refractivity contribution >= 4 is 10.8 Å². The number of aromatic nitrogens is 1. The van der Waals surface area contributed by atoms with Gasteiger partial charge in [0.1, 0.15) is 17.3 Å². The van der Waals surface area contributed by atoms with Gasteiger partial charge in [-0.1, -0.05) is 0 Å². The number of pyridine rings is 1. The smallest absolute Gasteiger partial charge is 0.258 e. The highest BCUT2D eigenvalue weighted by atomic mass is 19.1. The van der Waals surface area contributed by atoms with E-state index in [1.165, 1.54) is 29.5 Å². The zero-order valence-corrected chi connectivity index (χ0v) is 18.2. The van der Waals surface area contributed by atoms with Crippen molar-refractivity contribution < 1.29 is 13.9 Å². The summed E-state index contributed by atoms with van der Waals surface area (Å²) in [6.45, 7) is 3.03. The standard InChI is InChI=1S/C25H27FN2O3/c1-27-13-21(20-10-18(26)6-7-19(20)25(27)29)16-8-23(30-2)22(24(9-16)31-3)14-28-11-17(12-28)15-4-5-15/h6-10,13,15,17H,4-5,11-12,14H2,1-3H3. The molecule has 2 fully saturated rings. The average molecular weight is 423 g/mol. The Morgan fingerprint density at radius 2 is 1.68 bits per heavy atom. The number of fused-ring (bicyclic) bond motifs is 1. The normalized spacial score (nSPS) is 17.0. The van der Waals surface area contributed by atoms with E-state index in [1.54, 1.807) is 33.5 Å². The minimum absolute atomic E-state index is 0.155. The molecule has 1 aliphatic carbocycles. The zero-order chi connectivity index (χ0) is 21.7. The highest BCUT2D eigenvalue weighted by Crippen LogP contribution is 2.43. The predicted octanol–water partition coefficient (Wildman–Crippen LogP) is 4.20. The molecule has 0 amide bonds. The third-order valence-electron chi connectivity index (χ3n) is 6.72. The van der Waals surface area contributed by atoms with Crippen LogP contribution in [0, 0.1) is 17.7 Å². The summed E-state index contributed by atoms with van der Waals surface area (Å²) < 4.78 is 27.1. The van der Waals surface area contributed by atoms with Crippen LogP contribution in [0.1, 0.15) is 18.4 Å². The summed E-state index contributed by atoms with van der Waals surface area (Å²) in [6.07, 6.45) is 4.51. The van der Waals surface area contributed by atoms with Gasteiger partial charge in [-0.25, -0.2) is 4.39 Å². The van der Waals surface area contributed by atoms with Crippen LogP contribution in [-0.2, 0) is 13.6 Å². The van der Waals surface area contributed by atoms with Gasteiger partial charge in [0.25, 0.3) is 5.56 Å². The molecule has 6 heteroatoms. The van der Waals surface area contributed by atoms with Gasteiger partial charge in [0.05, 0.1) is 19.8 Å². The number of methoxy groups -OCH3 is 2. The molecule has 0 atom stereocenters. The number of likely N-dealkylation sites (tertiary alicyclic amines) is 1. The molecule has 1 aliphatic heterocycles. The van der Waals surface area contributed by atoms with Crippen molar-refractivity contribution in [1.29, 1.82) is 0 Å². The lowest BCUT2D eigenvalue weighted by Crippen LogP contribution is -2.46. The predicted molar refractivity (Wildman–Crippen MR) is 119 cm³/mol. The van der Waals surface area contributed by atoms with Crippen LogP contribution in [0.4, 0.5) is 4.39 Å². The van der Waals surface area contributed by atoms with Gasteiger partial charge >= 0.3 is 0 Å². The van der Waals surface area contributed by atoms with Crippen LogP contribution >= 0.6 is 0 Å². The maximum absolute atomic E-state index is 14.0. The summed E-state index contributed by atoms with van der Waals surface area (Å²) in [6, 6.07) is 8.19. The Bertz CT molecular complexity index is 1180. The maximum atomic E-state index is 14.0. The number of benzene rings is 2. The number of hydrogen-bond donors (Lipinski definition) is 0. The Kier molecular flexibility index (Phi) is 4.97. The number of halogens is 1. The van der Waals surface area contributed by atoms with E-state index in [0.717, 1.165) is 59.7 Å². The molecule has 162 valence electrons. The van der Waals surface area contributed by atoms with Crippen molar-refractivity contribution in [2.75, 3.05) is 27.3 Å². The van der Waals surface area contributed by atoms with Crippen LogP contribution in [0.25, 0.3) is 21.9 Å². The molecule has 5 nitrogen and oxygen atoms in total. The van der Waals surface area contributed by atoms with Crippen LogP contribution < -0.4 is 15.0 Å². The Morgan fingerprint density at radius 3 is 2.29 bits per heavy atom. The zero-order valence-electron chi connectivity index (χ0n) is 18.2. The quantitative estimate of drug-likeness (QED) is 0.597. The number of hydrogen-bond acceptors (Lipinski definition) is 4. The lowest BCUT2D eigenvalue weighted by molar-refractivity contribution is 0.0759. The van der Waals surface area contributed by atoms with Crippen LogP contribution in [-0.4, -0.2) is 36.8 Å². The number of aryl methyl sites for hydroxylation is 1. The van der Waals surface area contributed by atoms with Gasteiger partial charge in [0, 0.05) is 43.8 Å². The summed E-state index contributed by atoms with van der Waals surface area (Å²) >= 11 is 0. The van der Waals surface area contributed by atoms with E-state index < -0.39 is 0 Å². The van der Waals surface area contributed by atoms with Gasteiger partial charge in [0.2, 0.25) is 0 Å². The van der Waals surface area contributed by atoms with Gasteiger partial charge < -0.3 is 14.0 Å². The molecule has 0 bridgehead atoms. The van der Waals surface area contributed by atoms with E-state index in [9.17, 15) is 9.18 Å². The Labute approximate surface area is 181 Å². The summed E-state index contributed by atoms with van der Waals surface area (Å²) in [5.41, 5.74) is 2.45. The number of rotatable bonds is 6. The fraction of sp³-hybridized carbons (Fsp3) is 0.400. The molecule has 0 unspecified atom stereocenters. The number of nitrogens with zero attached hydrogens (tertiary/aromatic N) is 2. The Morgan fingerprint density at radius 1 is 1.00 bits per heavy atom. The van der Waals surface area contributed by atoms with E-state index >= 15 is 0 Å². The molecule has 0 spiro atoms. The first-order chi connectivity index (χ1) is 15.0. The SMILES string of the molecule is COc1cc(-c2cn(C)c(=O)c3ccc(F)cc23)cc(OC)c1CN1CC(C2CC2)C1. The molecular weight excluding hydrogens is 395 g/mol. The third-order valence-corrected chi connectivity index (χ3v) is 6.72. The molecular formula is C25H27FN2O3. The van der Waals surface area contributed by atoms with E-state index in [1.807, 2.05) is 12.1 Å². The first-order valence-corrected chi connectivity index (χ1v) is 10.7. The van der Waals surface area contributed by atoms with Crippen LogP contribution in [0.5, 0.6) is 11.5 Å². The van der Waals surface area contributed by atoms with Crippen molar-refractivity contribution in [3.63, 3.8) is 0 Å². The first kappa shape index (κ1) is 20.1. The van der Waals surface area contributed by atoms with Crippen molar-refractivity contribution in [3.8, 4) is 22.6 Å². The van der Waals surface area contributed by atoms with Crippen molar-refractivity contribution in [3.05, 3.63) is 58.3 Å².